The van der Waals surface area contributed by atoms with Crippen LogP contribution in [0.2, 0.25) is 0 Å². The third-order valence-corrected chi connectivity index (χ3v) is 5.36. The van der Waals surface area contributed by atoms with Crippen LogP contribution in [-0.2, 0) is 24.0 Å². The molecule has 4 rings (SSSR count). The number of hydrogen-bond donors (Lipinski definition) is 1. The van der Waals surface area contributed by atoms with Gasteiger partial charge in [0.25, 0.3) is 0 Å². The van der Waals surface area contributed by atoms with E-state index in [1.165, 1.54) is 0 Å². The van der Waals surface area contributed by atoms with Gasteiger partial charge < -0.3 is 19.9 Å². The van der Waals surface area contributed by atoms with E-state index in [2.05, 4.69) is 10.1 Å². The molecule has 1 aromatic heterocycles. The highest BCUT2D eigenvalue weighted by molar-refractivity contribution is 5.78. The number of morpholine rings is 1. The van der Waals surface area contributed by atoms with Crippen LogP contribution in [0.15, 0.2) is 64.1 Å². The van der Waals surface area contributed by atoms with Crippen LogP contribution in [0.5, 0.6) is 0 Å². The number of benzene rings is 2. The van der Waals surface area contributed by atoms with Gasteiger partial charge in [-0.3, -0.25) is 4.99 Å². The topological polar surface area (TPSA) is 76.9 Å². The van der Waals surface area contributed by atoms with Crippen molar-refractivity contribution < 1.29 is 13.7 Å². The molecule has 0 bridgehead atoms. The first-order chi connectivity index (χ1) is 15.2. The van der Waals surface area contributed by atoms with Gasteiger partial charge in [0.1, 0.15) is 11.6 Å². The van der Waals surface area contributed by atoms with Crippen LogP contribution in [0.4, 0.5) is 4.39 Å². The highest BCUT2D eigenvalue weighted by Gasteiger charge is 2.12. The molecule has 7 heteroatoms. The van der Waals surface area contributed by atoms with Gasteiger partial charge in [-0.05, 0) is 30.0 Å². The average Bonchev–Trinajstić information content (AvgIpc) is 3.26. The SMILES string of the molecule is NC(=NCCc1cc(CCc2ccc(-c3ccccc3)c(F)c2)no1)N1CCOCC1. The van der Waals surface area contributed by atoms with Crippen molar-refractivity contribution in [2.45, 2.75) is 19.3 Å². The van der Waals surface area contributed by atoms with Crippen LogP contribution < -0.4 is 5.73 Å². The number of aliphatic imine (C=N–C) groups is 1. The lowest BCUT2D eigenvalue weighted by Gasteiger charge is -2.27. The largest absolute Gasteiger partial charge is 0.378 e. The van der Waals surface area contributed by atoms with E-state index >= 15 is 0 Å². The van der Waals surface area contributed by atoms with E-state index in [1.54, 1.807) is 6.07 Å². The second-order valence-electron chi connectivity index (χ2n) is 7.55. The van der Waals surface area contributed by atoms with E-state index < -0.39 is 0 Å². The smallest absolute Gasteiger partial charge is 0.191 e. The molecule has 0 amide bonds. The highest BCUT2D eigenvalue weighted by Crippen LogP contribution is 2.24. The number of ether oxygens (including phenoxy) is 1. The van der Waals surface area contributed by atoms with Crippen LogP contribution in [0.25, 0.3) is 11.1 Å². The molecule has 0 radical (unpaired) electrons. The molecular formula is C24H27FN4O2. The number of guanidine groups is 1. The Morgan fingerprint density at radius 1 is 1.03 bits per heavy atom. The van der Waals surface area contributed by atoms with Crippen molar-refractivity contribution in [2.24, 2.45) is 10.7 Å². The number of nitrogens with two attached hydrogens (primary N) is 1. The number of nitrogens with zero attached hydrogens (tertiary/aromatic N) is 3. The molecule has 1 aliphatic heterocycles. The molecule has 3 aromatic rings. The van der Waals surface area contributed by atoms with E-state index in [-0.39, 0.29) is 5.82 Å². The van der Waals surface area contributed by atoms with Gasteiger partial charge >= 0.3 is 0 Å². The Bertz CT molecular complexity index is 1010. The molecule has 0 unspecified atom stereocenters. The summed E-state index contributed by atoms with van der Waals surface area (Å²) in [4.78, 5) is 6.45. The van der Waals surface area contributed by atoms with Crippen LogP contribution in [-0.4, -0.2) is 48.9 Å². The maximum Gasteiger partial charge on any atom is 0.191 e. The molecule has 2 N–H and O–H groups in total. The third-order valence-electron chi connectivity index (χ3n) is 5.36. The monoisotopic (exact) mass is 422 g/mol. The summed E-state index contributed by atoms with van der Waals surface area (Å²) in [5, 5.41) is 4.13. The Morgan fingerprint density at radius 2 is 1.84 bits per heavy atom. The van der Waals surface area contributed by atoms with E-state index in [4.69, 9.17) is 15.0 Å². The molecule has 0 saturated carbocycles. The average molecular weight is 423 g/mol. The molecule has 0 aliphatic carbocycles. The lowest BCUT2D eigenvalue weighted by atomic mass is 10.0. The van der Waals surface area contributed by atoms with Crippen LogP contribution in [0.3, 0.4) is 0 Å². The van der Waals surface area contributed by atoms with Gasteiger partial charge in [-0.2, -0.15) is 0 Å². The normalized spacial score (nSPS) is 14.7. The zero-order chi connectivity index (χ0) is 21.5. The first-order valence-electron chi connectivity index (χ1n) is 10.6. The standard InChI is InChI=1S/C24H27FN4O2/c25-23-16-18(7-9-22(23)19-4-2-1-3-5-19)6-8-20-17-21(31-28-20)10-11-27-24(26)29-12-14-30-15-13-29/h1-5,7,9,16-17H,6,8,10-15H2,(H2,26,27). The lowest BCUT2D eigenvalue weighted by molar-refractivity contribution is 0.0674. The van der Waals surface area contributed by atoms with Gasteiger partial charge in [0.05, 0.1) is 18.9 Å². The van der Waals surface area contributed by atoms with Crippen molar-refractivity contribution in [3.8, 4) is 11.1 Å². The van der Waals surface area contributed by atoms with Crippen molar-refractivity contribution in [2.75, 3.05) is 32.8 Å². The van der Waals surface area contributed by atoms with Gasteiger partial charge in [-0.15, -0.1) is 0 Å². The summed E-state index contributed by atoms with van der Waals surface area (Å²) in [7, 11) is 0. The molecule has 0 atom stereocenters. The first-order valence-corrected chi connectivity index (χ1v) is 10.6. The fourth-order valence-electron chi connectivity index (χ4n) is 3.60. The van der Waals surface area contributed by atoms with E-state index in [1.807, 2.05) is 53.4 Å². The summed E-state index contributed by atoms with van der Waals surface area (Å²) in [5.41, 5.74) is 9.32. The fraction of sp³-hybridized carbons (Fsp3) is 0.333. The van der Waals surface area contributed by atoms with E-state index in [0.717, 1.165) is 35.7 Å². The van der Waals surface area contributed by atoms with Crippen molar-refractivity contribution in [1.82, 2.24) is 10.1 Å². The van der Waals surface area contributed by atoms with E-state index in [0.29, 0.717) is 50.5 Å². The second kappa shape index (κ2) is 10.2. The van der Waals surface area contributed by atoms with Crippen molar-refractivity contribution in [3.63, 3.8) is 0 Å². The summed E-state index contributed by atoms with van der Waals surface area (Å²) in [6.45, 7) is 3.45. The summed E-state index contributed by atoms with van der Waals surface area (Å²) in [6.07, 6.45) is 2.02. The number of aromatic nitrogens is 1. The molecule has 0 spiro atoms. The predicted molar refractivity (Wildman–Crippen MR) is 118 cm³/mol. The lowest BCUT2D eigenvalue weighted by Crippen LogP contribution is -2.44. The number of rotatable bonds is 7. The minimum Gasteiger partial charge on any atom is -0.378 e. The maximum absolute atomic E-state index is 14.5. The van der Waals surface area contributed by atoms with Crippen LogP contribution >= 0.6 is 0 Å². The van der Waals surface area contributed by atoms with Crippen molar-refractivity contribution >= 4 is 5.96 Å². The predicted octanol–water partition coefficient (Wildman–Crippen LogP) is 3.46. The molecule has 2 heterocycles. The van der Waals surface area contributed by atoms with Crippen LogP contribution in [0.1, 0.15) is 17.0 Å². The minimum atomic E-state index is -0.208. The van der Waals surface area contributed by atoms with Gasteiger partial charge in [0.2, 0.25) is 0 Å². The molecule has 6 nitrogen and oxygen atoms in total. The molecule has 2 aromatic carbocycles. The van der Waals surface area contributed by atoms with Crippen molar-refractivity contribution in [1.29, 1.82) is 0 Å². The molecule has 162 valence electrons. The molecule has 31 heavy (non-hydrogen) atoms. The molecule has 1 fully saturated rings. The van der Waals surface area contributed by atoms with Gasteiger partial charge in [-0.25, -0.2) is 4.39 Å². The molecule has 1 saturated heterocycles. The number of halogens is 1. The maximum atomic E-state index is 14.5. The summed E-state index contributed by atoms with van der Waals surface area (Å²) >= 11 is 0. The summed E-state index contributed by atoms with van der Waals surface area (Å²) in [6, 6.07) is 16.9. The Kier molecular flexibility index (Phi) is 6.94. The Hall–Kier alpha value is -3.19. The van der Waals surface area contributed by atoms with Crippen molar-refractivity contribution in [3.05, 3.63) is 77.4 Å². The molecular weight excluding hydrogens is 395 g/mol. The quantitative estimate of drug-likeness (QED) is 0.466. The minimum absolute atomic E-state index is 0.208. The Balaban J connectivity index is 1.28. The van der Waals surface area contributed by atoms with Gasteiger partial charge in [0, 0.05) is 37.7 Å². The number of hydrogen-bond acceptors (Lipinski definition) is 4. The number of aryl methyl sites for hydroxylation is 2. The fourth-order valence-corrected chi connectivity index (χ4v) is 3.60. The zero-order valence-corrected chi connectivity index (χ0v) is 17.5. The Labute approximate surface area is 181 Å². The van der Waals surface area contributed by atoms with E-state index in [9.17, 15) is 4.39 Å². The van der Waals surface area contributed by atoms with Gasteiger partial charge in [-0.1, -0.05) is 47.6 Å². The Morgan fingerprint density at radius 3 is 2.61 bits per heavy atom. The highest BCUT2D eigenvalue weighted by atomic mass is 19.1. The molecule has 1 aliphatic rings. The second-order valence-corrected chi connectivity index (χ2v) is 7.55. The van der Waals surface area contributed by atoms with Gasteiger partial charge in [0.15, 0.2) is 5.96 Å². The third kappa shape index (κ3) is 5.70. The first kappa shape index (κ1) is 21.1. The summed E-state index contributed by atoms with van der Waals surface area (Å²) in [5.74, 6) is 1.11. The zero-order valence-electron chi connectivity index (χ0n) is 17.5. The summed E-state index contributed by atoms with van der Waals surface area (Å²) < 4.78 is 25.3. The van der Waals surface area contributed by atoms with Crippen LogP contribution in [0, 0.1) is 5.82 Å².